The number of hydrogen-bond acceptors (Lipinski definition) is 0. The Labute approximate surface area is 45.0 Å². The Hall–Kier alpha value is 0.720. The summed E-state index contributed by atoms with van der Waals surface area (Å²) < 4.78 is 0. The van der Waals surface area contributed by atoms with Crippen molar-refractivity contribution in [2.24, 2.45) is 0 Å². The smallest absolute Gasteiger partial charge is 0.0505 e. The van der Waals surface area contributed by atoms with Crippen molar-refractivity contribution < 1.29 is 0 Å². The molecule has 0 aromatic heterocycles. The summed E-state index contributed by atoms with van der Waals surface area (Å²) in [6, 6.07) is 0. The summed E-state index contributed by atoms with van der Waals surface area (Å²) in [6.07, 6.45) is 4.01. The average molecular weight is 123 g/mol. The maximum absolute atomic E-state index is 5.72. The summed E-state index contributed by atoms with van der Waals surface area (Å²) in [4.78, 5) is 0. The van der Waals surface area contributed by atoms with Crippen LogP contribution in [0.3, 0.4) is 0 Å². The third-order valence-electron chi connectivity index (χ3n) is 1.00. The van der Waals surface area contributed by atoms with Crippen molar-refractivity contribution in [3.63, 3.8) is 0 Å². The topological polar surface area (TPSA) is 0 Å². The van der Waals surface area contributed by atoms with Crippen LogP contribution >= 0.6 is 20.2 Å². The first-order valence-corrected chi connectivity index (χ1v) is 3.99. The molecule has 0 amide bonds. The summed E-state index contributed by atoms with van der Waals surface area (Å²) in [5, 5.41) is 0.546. The molecule has 1 aliphatic heterocycles. The zero-order chi connectivity index (χ0) is 4.41. The van der Waals surface area contributed by atoms with Crippen LogP contribution in [-0.2, 0) is 0 Å². The second-order valence-electron chi connectivity index (χ2n) is 1.56. The molecule has 0 nitrogen and oxygen atoms in total. The van der Waals surface area contributed by atoms with Crippen molar-refractivity contribution in [3.8, 4) is 0 Å². The van der Waals surface area contributed by atoms with Crippen molar-refractivity contribution in [3.05, 3.63) is 0 Å². The number of hydrogen-bond donors (Lipinski definition) is 0. The van der Waals surface area contributed by atoms with E-state index < -0.39 is 0 Å². The first-order valence-electron chi connectivity index (χ1n) is 2.27. The molecule has 1 rings (SSSR count). The van der Waals surface area contributed by atoms with Crippen LogP contribution in [-0.4, -0.2) is 11.3 Å². The van der Waals surface area contributed by atoms with E-state index in [1.54, 1.807) is 0 Å². The average Bonchev–Trinajstić information content (AvgIpc) is 1.86. The highest BCUT2D eigenvalue weighted by Crippen LogP contribution is 2.34. The fourth-order valence-electron chi connectivity index (χ4n) is 0.642. The quantitative estimate of drug-likeness (QED) is 0.341. The third kappa shape index (κ3) is 1.10. The van der Waals surface area contributed by atoms with Crippen LogP contribution in [0.2, 0.25) is 0 Å². The van der Waals surface area contributed by atoms with Crippen molar-refractivity contribution >= 4 is 20.2 Å². The zero-order valence-electron chi connectivity index (χ0n) is 3.58. The summed E-state index contributed by atoms with van der Waals surface area (Å²) in [5.74, 6) is 0. The van der Waals surface area contributed by atoms with Crippen molar-refractivity contribution in [2.75, 3.05) is 6.16 Å². The molecule has 0 aromatic rings. The summed E-state index contributed by atoms with van der Waals surface area (Å²) >= 11 is 5.72. The Morgan fingerprint density at radius 2 is 2.50 bits per heavy atom. The molecule has 0 aromatic carbocycles. The van der Waals surface area contributed by atoms with Gasteiger partial charge in [0.2, 0.25) is 0 Å². The molecule has 36 valence electrons. The molecular formula is C4H8ClP. The fraction of sp³-hybridized carbons (Fsp3) is 1.00. The summed E-state index contributed by atoms with van der Waals surface area (Å²) in [5.41, 5.74) is 0. The van der Waals surface area contributed by atoms with Gasteiger partial charge in [-0.2, -0.15) is 0 Å². The molecule has 1 heterocycles. The van der Waals surface area contributed by atoms with Crippen LogP contribution in [0.4, 0.5) is 0 Å². The lowest BCUT2D eigenvalue weighted by molar-refractivity contribution is 0.919. The normalized spacial score (nSPS) is 38.5. The van der Waals surface area contributed by atoms with E-state index in [-0.39, 0.29) is 0 Å². The number of halogens is 1. The number of alkyl halides is 1. The Balaban J connectivity index is 2.18. The molecule has 2 unspecified atom stereocenters. The Bertz CT molecular complexity index is 40.8. The molecular weight excluding hydrogens is 114 g/mol. The van der Waals surface area contributed by atoms with E-state index >= 15 is 0 Å². The van der Waals surface area contributed by atoms with Crippen molar-refractivity contribution in [1.29, 1.82) is 0 Å². The predicted molar refractivity (Wildman–Crippen MR) is 32.1 cm³/mol. The fourth-order valence-corrected chi connectivity index (χ4v) is 2.25. The third-order valence-corrected chi connectivity index (χ3v) is 3.06. The molecule has 0 aliphatic carbocycles. The maximum Gasteiger partial charge on any atom is 0.0505 e. The van der Waals surface area contributed by atoms with Gasteiger partial charge >= 0.3 is 0 Å². The van der Waals surface area contributed by atoms with Gasteiger partial charge in [-0.05, 0) is 19.0 Å². The molecule has 6 heavy (non-hydrogen) atoms. The lowest BCUT2D eigenvalue weighted by atomic mass is 10.4. The van der Waals surface area contributed by atoms with Gasteiger partial charge in [0, 0.05) is 0 Å². The minimum absolute atomic E-state index is 0.546. The summed E-state index contributed by atoms with van der Waals surface area (Å²) in [6.45, 7) is 0. The van der Waals surface area contributed by atoms with E-state index in [9.17, 15) is 0 Å². The molecule has 0 spiro atoms. The zero-order valence-corrected chi connectivity index (χ0v) is 5.33. The molecule has 0 bridgehead atoms. The van der Waals surface area contributed by atoms with Crippen LogP contribution in [0.1, 0.15) is 12.8 Å². The van der Waals surface area contributed by atoms with E-state index in [0.717, 1.165) is 8.58 Å². The van der Waals surface area contributed by atoms with E-state index in [4.69, 9.17) is 11.6 Å². The maximum atomic E-state index is 5.72. The predicted octanol–water partition coefficient (Wildman–Crippen LogP) is 2.02. The summed E-state index contributed by atoms with van der Waals surface area (Å²) in [7, 11) is 1.05. The van der Waals surface area contributed by atoms with Gasteiger partial charge in [0.25, 0.3) is 0 Å². The van der Waals surface area contributed by atoms with Gasteiger partial charge in [0.1, 0.15) is 0 Å². The number of rotatable bonds is 0. The van der Waals surface area contributed by atoms with E-state index in [1.807, 2.05) is 0 Å². The van der Waals surface area contributed by atoms with Crippen LogP contribution < -0.4 is 0 Å². The van der Waals surface area contributed by atoms with Gasteiger partial charge in [-0.15, -0.1) is 20.2 Å². The SMILES string of the molecule is ClC1CCCP1. The molecule has 0 saturated carbocycles. The van der Waals surface area contributed by atoms with E-state index in [1.165, 1.54) is 19.0 Å². The second-order valence-corrected chi connectivity index (χ2v) is 4.06. The Morgan fingerprint density at radius 3 is 2.67 bits per heavy atom. The Morgan fingerprint density at radius 1 is 1.67 bits per heavy atom. The lowest BCUT2D eigenvalue weighted by Crippen LogP contribution is -1.74. The minimum atomic E-state index is 0.546. The molecule has 1 saturated heterocycles. The molecule has 0 N–H and O–H groups in total. The standard InChI is InChI=1S/C4H8ClP/c5-4-2-1-3-6-4/h4,6H,1-3H2. The molecule has 1 aliphatic rings. The molecule has 1 fully saturated rings. The van der Waals surface area contributed by atoms with Gasteiger partial charge in [-0.1, -0.05) is 0 Å². The van der Waals surface area contributed by atoms with Crippen molar-refractivity contribution in [2.45, 2.75) is 18.0 Å². The largest absolute Gasteiger partial charge is 0.118 e. The highest BCUT2D eigenvalue weighted by Gasteiger charge is 2.09. The monoisotopic (exact) mass is 122 g/mol. The second kappa shape index (κ2) is 2.14. The lowest BCUT2D eigenvalue weighted by Gasteiger charge is -1.88. The van der Waals surface area contributed by atoms with Gasteiger partial charge in [-0.25, -0.2) is 0 Å². The molecule has 2 heteroatoms. The molecule has 2 atom stereocenters. The first kappa shape index (κ1) is 4.87. The van der Waals surface area contributed by atoms with Crippen LogP contribution in [0.25, 0.3) is 0 Å². The van der Waals surface area contributed by atoms with Gasteiger partial charge in [0.15, 0.2) is 0 Å². The molecule has 0 radical (unpaired) electrons. The van der Waals surface area contributed by atoms with Crippen LogP contribution in [0.15, 0.2) is 0 Å². The highest BCUT2D eigenvalue weighted by atomic mass is 35.5. The van der Waals surface area contributed by atoms with Gasteiger partial charge in [0.05, 0.1) is 5.12 Å². The van der Waals surface area contributed by atoms with Crippen molar-refractivity contribution in [1.82, 2.24) is 0 Å². The van der Waals surface area contributed by atoms with Gasteiger partial charge in [-0.3, -0.25) is 0 Å². The van der Waals surface area contributed by atoms with Crippen LogP contribution in [0, 0.1) is 0 Å². The van der Waals surface area contributed by atoms with Crippen LogP contribution in [0.5, 0.6) is 0 Å². The van der Waals surface area contributed by atoms with Gasteiger partial charge < -0.3 is 0 Å². The Kier molecular flexibility index (Phi) is 1.74. The first-order chi connectivity index (χ1) is 2.89. The highest BCUT2D eigenvalue weighted by molar-refractivity contribution is 7.41. The van der Waals surface area contributed by atoms with E-state index in [2.05, 4.69) is 0 Å². The minimum Gasteiger partial charge on any atom is -0.118 e. The van der Waals surface area contributed by atoms with E-state index in [0.29, 0.717) is 5.12 Å².